The highest BCUT2D eigenvalue weighted by Gasteiger charge is 2.30. The van der Waals surface area contributed by atoms with Crippen LogP contribution in [0.3, 0.4) is 0 Å². The topological polar surface area (TPSA) is 23.6 Å². The third-order valence-corrected chi connectivity index (χ3v) is 4.02. The van der Waals surface area contributed by atoms with Crippen molar-refractivity contribution >= 4 is 5.91 Å². The van der Waals surface area contributed by atoms with Crippen LogP contribution in [0.2, 0.25) is 0 Å². The van der Waals surface area contributed by atoms with E-state index in [1.807, 2.05) is 36.1 Å². The molecule has 0 bridgehead atoms. The van der Waals surface area contributed by atoms with Gasteiger partial charge in [-0.2, -0.15) is 0 Å². The summed E-state index contributed by atoms with van der Waals surface area (Å²) in [7, 11) is 2.13. The monoisotopic (exact) mass is 246 g/mol. The first-order valence-corrected chi connectivity index (χ1v) is 6.57. The van der Waals surface area contributed by atoms with E-state index in [9.17, 15) is 4.79 Å². The number of likely N-dealkylation sites (N-methyl/N-ethyl adjacent to an activating group) is 1. The first-order chi connectivity index (χ1) is 8.50. The number of hydrogen-bond donors (Lipinski definition) is 0. The zero-order valence-electron chi connectivity index (χ0n) is 11.7. The Morgan fingerprint density at radius 3 is 2.28 bits per heavy atom. The largest absolute Gasteiger partial charge is 0.336 e. The molecule has 1 heterocycles. The molecule has 0 aromatic heterocycles. The van der Waals surface area contributed by atoms with E-state index in [2.05, 4.69) is 25.8 Å². The second-order valence-corrected chi connectivity index (χ2v) is 5.39. The summed E-state index contributed by atoms with van der Waals surface area (Å²) in [5, 5.41) is 0. The predicted molar refractivity (Wildman–Crippen MR) is 73.8 cm³/mol. The number of hydrogen-bond acceptors (Lipinski definition) is 2. The first-order valence-electron chi connectivity index (χ1n) is 6.57. The molecule has 0 aliphatic carbocycles. The minimum atomic E-state index is 0.167. The van der Waals surface area contributed by atoms with Gasteiger partial charge < -0.3 is 4.90 Å². The van der Waals surface area contributed by atoms with Gasteiger partial charge in [-0.25, -0.2) is 0 Å². The molecule has 1 amide bonds. The number of carbonyl (C=O) groups excluding carboxylic acids is 1. The van der Waals surface area contributed by atoms with Crippen LogP contribution in [-0.2, 0) is 0 Å². The van der Waals surface area contributed by atoms with Crippen molar-refractivity contribution in [3.63, 3.8) is 0 Å². The summed E-state index contributed by atoms with van der Waals surface area (Å²) in [4.78, 5) is 16.8. The molecular weight excluding hydrogens is 224 g/mol. The lowest BCUT2D eigenvalue weighted by Gasteiger charge is -2.42. The standard InChI is InChI=1S/C15H22N2O/c1-11-7-5-6-8-14(11)15(18)17-9-12(2)16(4)13(3)10-17/h5-8,12-13H,9-10H2,1-4H3. The van der Waals surface area contributed by atoms with E-state index in [4.69, 9.17) is 0 Å². The number of carbonyl (C=O) groups is 1. The molecule has 98 valence electrons. The van der Waals surface area contributed by atoms with Crippen molar-refractivity contribution < 1.29 is 4.79 Å². The molecule has 2 unspecified atom stereocenters. The quantitative estimate of drug-likeness (QED) is 0.758. The SMILES string of the molecule is Cc1ccccc1C(=O)N1CC(C)N(C)C(C)C1. The average molecular weight is 246 g/mol. The van der Waals surface area contributed by atoms with Crippen LogP contribution >= 0.6 is 0 Å². The summed E-state index contributed by atoms with van der Waals surface area (Å²) in [6.07, 6.45) is 0. The molecule has 1 aliphatic heterocycles. The molecule has 18 heavy (non-hydrogen) atoms. The fourth-order valence-electron chi connectivity index (χ4n) is 2.55. The van der Waals surface area contributed by atoms with E-state index in [1.54, 1.807) is 0 Å². The Morgan fingerprint density at radius 1 is 1.17 bits per heavy atom. The lowest BCUT2D eigenvalue weighted by molar-refractivity contribution is 0.0413. The summed E-state index contributed by atoms with van der Waals surface area (Å²) in [5.41, 5.74) is 1.89. The van der Waals surface area contributed by atoms with Gasteiger partial charge in [0.2, 0.25) is 0 Å². The summed E-state index contributed by atoms with van der Waals surface area (Å²) >= 11 is 0. The fraction of sp³-hybridized carbons (Fsp3) is 0.533. The molecule has 1 saturated heterocycles. The van der Waals surface area contributed by atoms with Gasteiger partial charge in [0.05, 0.1) is 0 Å². The van der Waals surface area contributed by atoms with Gasteiger partial charge in [-0.1, -0.05) is 18.2 Å². The minimum Gasteiger partial charge on any atom is -0.336 e. The van der Waals surface area contributed by atoms with Gasteiger partial charge in [-0.3, -0.25) is 9.69 Å². The second-order valence-electron chi connectivity index (χ2n) is 5.39. The average Bonchev–Trinajstić information content (AvgIpc) is 2.35. The van der Waals surface area contributed by atoms with Crippen LogP contribution in [0.15, 0.2) is 24.3 Å². The van der Waals surface area contributed by atoms with Crippen LogP contribution in [0.25, 0.3) is 0 Å². The summed E-state index contributed by atoms with van der Waals surface area (Å²) in [5.74, 6) is 0.167. The number of amides is 1. The Bertz CT molecular complexity index is 432. The number of piperazine rings is 1. The van der Waals surface area contributed by atoms with Gasteiger partial charge in [-0.15, -0.1) is 0 Å². The maximum absolute atomic E-state index is 12.5. The van der Waals surface area contributed by atoms with E-state index in [-0.39, 0.29) is 5.91 Å². The summed E-state index contributed by atoms with van der Waals surface area (Å²) in [6.45, 7) is 7.97. The van der Waals surface area contributed by atoms with Gasteiger partial charge in [0.1, 0.15) is 0 Å². The van der Waals surface area contributed by atoms with E-state index >= 15 is 0 Å². The highest BCUT2D eigenvalue weighted by Crippen LogP contribution is 2.17. The lowest BCUT2D eigenvalue weighted by Crippen LogP contribution is -2.56. The summed E-state index contributed by atoms with van der Waals surface area (Å²) < 4.78 is 0. The third-order valence-electron chi connectivity index (χ3n) is 4.02. The molecular formula is C15H22N2O. The smallest absolute Gasteiger partial charge is 0.254 e. The van der Waals surface area contributed by atoms with E-state index in [0.29, 0.717) is 12.1 Å². The van der Waals surface area contributed by atoms with Crippen molar-refractivity contribution in [3.8, 4) is 0 Å². The van der Waals surface area contributed by atoms with Gasteiger partial charge in [0, 0.05) is 30.7 Å². The van der Waals surface area contributed by atoms with Crippen molar-refractivity contribution in [1.29, 1.82) is 0 Å². The number of nitrogens with zero attached hydrogens (tertiary/aromatic N) is 2. The minimum absolute atomic E-state index is 0.167. The number of rotatable bonds is 1. The highest BCUT2D eigenvalue weighted by molar-refractivity contribution is 5.95. The van der Waals surface area contributed by atoms with Crippen molar-refractivity contribution in [2.45, 2.75) is 32.9 Å². The number of benzene rings is 1. The normalized spacial score (nSPS) is 25.2. The van der Waals surface area contributed by atoms with Crippen LogP contribution in [-0.4, -0.2) is 47.9 Å². The van der Waals surface area contributed by atoms with Gasteiger partial charge in [-0.05, 0) is 39.4 Å². The molecule has 0 saturated carbocycles. The Hall–Kier alpha value is -1.35. The summed E-state index contributed by atoms with van der Waals surface area (Å²) in [6, 6.07) is 8.66. The van der Waals surface area contributed by atoms with Crippen LogP contribution in [0.4, 0.5) is 0 Å². The molecule has 2 rings (SSSR count). The molecule has 1 aromatic rings. The van der Waals surface area contributed by atoms with Gasteiger partial charge in [0.15, 0.2) is 0 Å². The van der Waals surface area contributed by atoms with E-state index in [1.165, 1.54) is 0 Å². The Balaban J connectivity index is 2.18. The van der Waals surface area contributed by atoms with Crippen LogP contribution in [0.5, 0.6) is 0 Å². The van der Waals surface area contributed by atoms with Gasteiger partial charge >= 0.3 is 0 Å². The predicted octanol–water partition coefficient (Wildman–Crippen LogP) is 2.16. The third kappa shape index (κ3) is 2.41. The molecule has 1 fully saturated rings. The maximum Gasteiger partial charge on any atom is 0.254 e. The molecule has 1 aromatic carbocycles. The first kappa shape index (κ1) is 13.1. The van der Waals surface area contributed by atoms with Gasteiger partial charge in [0.25, 0.3) is 5.91 Å². The second kappa shape index (κ2) is 5.11. The van der Waals surface area contributed by atoms with Crippen molar-refractivity contribution in [3.05, 3.63) is 35.4 Å². The number of aryl methyl sites for hydroxylation is 1. The molecule has 2 atom stereocenters. The van der Waals surface area contributed by atoms with Crippen molar-refractivity contribution in [2.24, 2.45) is 0 Å². The van der Waals surface area contributed by atoms with E-state index in [0.717, 1.165) is 24.2 Å². The maximum atomic E-state index is 12.5. The van der Waals surface area contributed by atoms with Crippen LogP contribution in [0, 0.1) is 6.92 Å². The van der Waals surface area contributed by atoms with Crippen LogP contribution < -0.4 is 0 Å². The molecule has 0 radical (unpaired) electrons. The zero-order valence-corrected chi connectivity index (χ0v) is 11.7. The Kier molecular flexibility index (Phi) is 3.71. The highest BCUT2D eigenvalue weighted by atomic mass is 16.2. The van der Waals surface area contributed by atoms with Crippen LogP contribution in [0.1, 0.15) is 29.8 Å². The molecule has 3 heteroatoms. The van der Waals surface area contributed by atoms with Crippen molar-refractivity contribution in [1.82, 2.24) is 9.80 Å². The Morgan fingerprint density at radius 2 is 1.72 bits per heavy atom. The fourth-order valence-corrected chi connectivity index (χ4v) is 2.55. The molecule has 3 nitrogen and oxygen atoms in total. The van der Waals surface area contributed by atoms with E-state index < -0.39 is 0 Å². The molecule has 0 N–H and O–H groups in total. The zero-order chi connectivity index (χ0) is 13.3. The molecule has 0 spiro atoms. The van der Waals surface area contributed by atoms with Crippen molar-refractivity contribution in [2.75, 3.05) is 20.1 Å². The lowest BCUT2D eigenvalue weighted by atomic mass is 10.0. The Labute approximate surface area is 109 Å². The molecule has 1 aliphatic rings.